The summed E-state index contributed by atoms with van der Waals surface area (Å²) >= 11 is 5.13. The highest BCUT2D eigenvalue weighted by Crippen LogP contribution is 2.41. The Labute approximate surface area is 114 Å². The van der Waals surface area contributed by atoms with Crippen molar-refractivity contribution in [2.75, 3.05) is 13.6 Å². The fourth-order valence-electron chi connectivity index (χ4n) is 2.32. The zero-order chi connectivity index (χ0) is 12.5. The van der Waals surface area contributed by atoms with Crippen molar-refractivity contribution in [3.8, 4) is 0 Å². The molecular weight excluding hydrogens is 302 g/mol. The van der Waals surface area contributed by atoms with Crippen LogP contribution in [-0.4, -0.2) is 29.6 Å². The van der Waals surface area contributed by atoms with E-state index in [0.29, 0.717) is 6.54 Å². The van der Waals surface area contributed by atoms with Gasteiger partial charge in [0.25, 0.3) is 0 Å². The molecule has 5 heteroatoms. The van der Waals surface area contributed by atoms with Crippen LogP contribution in [0.3, 0.4) is 0 Å². The standard InChI is InChI=1S/C12H16BrNO2S/c1-14(6-10-5-9(13)7-17-10)8-12(11(15)16)3-2-4-12/h5,7H,2-4,6,8H2,1H3,(H,15,16). The van der Waals surface area contributed by atoms with Gasteiger partial charge in [-0.3, -0.25) is 4.79 Å². The first-order valence-corrected chi connectivity index (χ1v) is 7.34. The van der Waals surface area contributed by atoms with Gasteiger partial charge in [0.1, 0.15) is 0 Å². The number of carbonyl (C=O) groups is 1. The van der Waals surface area contributed by atoms with E-state index in [1.807, 2.05) is 7.05 Å². The summed E-state index contributed by atoms with van der Waals surface area (Å²) in [6.45, 7) is 1.48. The summed E-state index contributed by atoms with van der Waals surface area (Å²) in [5.74, 6) is -0.636. The van der Waals surface area contributed by atoms with Crippen LogP contribution in [0, 0.1) is 5.41 Å². The summed E-state index contributed by atoms with van der Waals surface area (Å²) in [6.07, 6.45) is 2.69. The third-order valence-electron chi connectivity index (χ3n) is 3.38. The second kappa shape index (κ2) is 5.08. The Morgan fingerprint density at radius 2 is 2.35 bits per heavy atom. The van der Waals surface area contributed by atoms with Crippen LogP contribution in [0.25, 0.3) is 0 Å². The first kappa shape index (κ1) is 13.1. The fourth-order valence-corrected chi connectivity index (χ4v) is 3.85. The molecule has 1 saturated carbocycles. The predicted octanol–water partition coefficient (Wildman–Crippen LogP) is 3.20. The Hall–Kier alpha value is -0.390. The van der Waals surface area contributed by atoms with E-state index in [0.717, 1.165) is 30.3 Å². The van der Waals surface area contributed by atoms with Crippen molar-refractivity contribution in [1.82, 2.24) is 4.90 Å². The number of hydrogen-bond acceptors (Lipinski definition) is 3. The van der Waals surface area contributed by atoms with Gasteiger partial charge in [-0.2, -0.15) is 0 Å². The van der Waals surface area contributed by atoms with E-state index in [1.54, 1.807) is 11.3 Å². The molecule has 1 aliphatic rings. The highest BCUT2D eigenvalue weighted by molar-refractivity contribution is 9.10. The predicted molar refractivity (Wildman–Crippen MR) is 72.3 cm³/mol. The van der Waals surface area contributed by atoms with Gasteiger partial charge in [0, 0.05) is 27.8 Å². The Morgan fingerprint density at radius 3 is 2.76 bits per heavy atom. The number of carboxylic acid groups (broad SMARTS) is 1. The third-order valence-corrected chi connectivity index (χ3v) is 5.07. The second-order valence-corrected chi connectivity index (χ2v) is 6.75. The van der Waals surface area contributed by atoms with Crippen molar-refractivity contribution in [2.24, 2.45) is 5.41 Å². The molecule has 1 N–H and O–H groups in total. The maximum atomic E-state index is 11.3. The summed E-state index contributed by atoms with van der Waals surface area (Å²) in [5.41, 5.74) is -0.483. The van der Waals surface area contributed by atoms with Gasteiger partial charge in [-0.15, -0.1) is 11.3 Å². The number of aliphatic carboxylic acids is 1. The molecule has 1 aliphatic carbocycles. The molecule has 0 spiro atoms. The minimum Gasteiger partial charge on any atom is -0.481 e. The smallest absolute Gasteiger partial charge is 0.310 e. The molecule has 17 heavy (non-hydrogen) atoms. The molecule has 0 saturated heterocycles. The van der Waals surface area contributed by atoms with E-state index in [-0.39, 0.29) is 0 Å². The van der Waals surface area contributed by atoms with Gasteiger partial charge in [0.05, 0.1) is 5.41 Å². The van der Waals surface area contributed by atoms with Gasteiger partial charge in [-0.25, -0.2) is 0 Å². The maximum absolute atomic E-state index is 11.3. The van der Waals surface area contributed by atoms with Crippen LogP contribution >= 0.6 is 27.3 Å². The van der Waals surface area contributed by atoms with Crippen LogP contribution in [0.4, 0.5) is 0 Å². The van der Waals surface area contributed by atoms with Crippen LogP contribution < -0.4 is 0 Å². The molecule has 2 rings (SSSR count). The monoisotopic (exact) mass is 317 g/mol. The lowest BCUT2D eigenvalue weighted by molar-refractivity contribution is -0.156. The molecule has 0 radical (unpaired) electrons. The highest BCUT2D eigenvalue weighted by atomic mass is 79.9. The molecule has 1 aromatic heterocycles. The SMILES string of the molecule is CN(Cc1cc(Br)cs1)CC1(C(=O)O)CCC1. The number of nitrogens with zero attached hydrogens (tertiary/aromatic N) is 1. The lowest BCUT2D eigenvalue weighted by atomic mass is 9.68. The molecule has 0 unspecified atom stereocenters. The summed E-state index contributed by atoms with van der Waals surface area (Å²) in [5, 5.41) is 11.3. The van der Waals surface area contributed by atoms with Crippen molar-refractivity contribution in [2.45, 2.75) is 25.8 Å². The molecular formula is C12H16BrNO2S. The molecule has 0 aliphatic heterocycles. The maximum Gasteiger partial charge on any atom is 0.310 e. The van der Waals surface area contributed by atoms with E-state index >= 15 is 0 Å². The zero-order valence-corrected chi connectivity index (χ0v) is 12.2. The average molecular weight is 318 g/mol. The van der Waals surface area contributed by atoms with Gasteiger partial charge < -0.3 is 10.0 Å². The zero-order valence-electron chi connectivity index (χ0n) is 9.78. The summed E-state index contributed by atoms with van der Waals surface area (Å²) in [6, 6.07) is 2.09. The van der Waals surface area contributed by atoms with Gasteiger partial charge in [-0.05, 0) is 41.9 Å². The Morgan fingerprint density at radius 1 is 1.65 bits per heavy atom. The lowest BCUT2D eigenvalue weighted by Crippen LogP contribution is -2.46. The lowest BCUT2D eigenvalue weighted by Gasteiger charge is -2.40. The number of halogens is 1. The van der Waals surface area contributed by atoms with Gasteiger partial charge in [0.2, 0.25) is 0 Å². The quantitative estimate of drug-likeness (QED) is 0.906. The van der Waals surface area contributed by atoms with E-state index in [2.05, 4.69) is 32.3 Å². The van der Waals surface area contributed by atoms with Crippen LogP contribution in [0.1, 0.15) is 24.1 Å². The number of hydrogen-bond donors (Lipinski definition) is 1. The van der Waals surface area contributed by atoms with E-state index in [4.69, 9.17) is 0 Å². The minimum absolute atomic E-state index is 0.483. The first-order chi connectivity index (χ1) is 8.02. The van der Waals surface area contributed by atoms with Gasteiger partial charge >= 0.3 is 5.97 Å². The molecule has 1 fully saturated rings. The van der Waals surface area contributed by atoms with Crippen molar-refractivity contribution >= 4 is 33.2 Å². The fraction of sp³-hybridized carbons (Fsp3) is 0.583. The topological polar surface area (TPSA) is 40.5 Å². The Kier molecular flexibility index (Phi) is 3.90. The number of rotatable bonds is 5. The summed E-state index contributed by atoms with van der Waals surface area (Å²) < 4.78 is 1.10. The molecule has 0 amide bonds. The molecule has 0 atom stereocenters. The summed E-state index contributed by atoms with van der Waals surface area (Å²) in [7, 11) is 2.00. The molecule has 1 heterocycles. The number of thiophene rings is 1. The van der Waals surface area contributed by atoms with Gasteiger partial charge in [-0.1, -0.05) is 6.42 Å². The van der Waals surface area contributed by atoms with Crippen LogP contribution in [0.5, 0.6) is 0 Å². The highest BCUT2D eigenvalue weighted by Gasteiger charge is 2.44. The first-order valence-electron chi connectivity index (χ1n) is 5.67. The van der Waals surface area contributed by atoms with Crippen LogP contribution in [-0.2, 0) is 11.3 Å². The van der Waals surface area contributed by atoms with Crippen molar-refractivity contribution in [3.63, 3.8) is 0 Å². The second-order valence-electron chi connectivity index (χ2n) is 4.84. The Bertz CT molecular complexity index is 414. The largest absolute Gasteiger partial charge is 0.481 e. The van der Waals surface area contributed by atoms with E-state index in [9.17, 15) is 9.90 Å². The molecule has 1 aromatic rings. The van der Waals surface area contributed by atoms with Crippen LogP contribution in [0.15, 0.2) is 15.9 Å². The van der Waals surface area contributed by atoms with Crippen LogP contribution in [0.2, 0.25) is 0 Å². The van der Waals surface area contributed by atoms with Gasteiger partial charge in [0.15, 0.2) is 0 Å². The molecule has 3 nitrogen and oxygen atoms in total. The number of carboxylic acids is 1. The van der Waals surface area contributed by atoms with E-state index < -0.39 is 11.4 Å². The van der Waals surface area contributed by atoms with E-state index in [1.165, 1.54) is 4.88 Å². The normalized spacial score (nSPS) is 18.1. The Balaban J connectivity index is 1.92. The molecule has 94 valence electrons. The molecule has 0 bridgehead atoms. The summed E-state index contributed by atoms with van der Waals surface area (Å²) in [4.78, 5) is 14.6. The van der Waals surface area contributed by atoms with Crippen molar-refractivity contribution in [3.05, 3.63) is 20.8 Å². The van der Waals surface area contributed by atoms with Crippen molar-refractivity contribution in [1.29, 1.82) is 0 Å². The molecule has 0 aromatic carbocycles. The minimum atomic E-state index is -0.636. The average Bonchev–Trinajstić information content (AvgIpc) is 2.57. The third kappa shape index (κ3) is 2.89. The van der Waals surface area contributed by atoms with Crippen molar-refractivity contribution < 1.29 is 9.90 Å².